The molecule has 6 nitrogen and oxygen atoms in total. The molecule has 1 atom stereocenters. The molecule has 3 rings (SSSR count). The first-order chi connectivity index (χ1) is 13.5. The molecule has 0 aliphatic carbocycles. The molecule has 0 fully saturated rings. The van der Waals surface area contributed by atoms with Crippen molar-refractivity contribution in [1.82, 2.24) is 4.98 Å². The predicted octanol–water partition coefficient (Wildman–Crippen LogP) is 4.46. The number of carbonyl (C=O) groups is 2. The number of benzene rings is 2. The van der Waals surface area contributed by atoms with E-state index >= 15 is 0 Å². The number of nitrogens with zero attached hydrogens (tertiary/aromatic N) is 1. The number of methoxy groups -OCH3 is 1. The topological polar surface area (TPSA) is 77.5 Å². The summed E-state index contributed by atoms with van der Waals surface area (Å²) >= 11 is 7.50. The highest BCUT2D eigenvalue weighted by Crippen LogP contribution is 2.28. The van der Waals surface area contributed by atoms with Gasteiger partial charge in [-0.15, -0.1) is 11.3 Å². The van der Waals surface area contributed by atoms with Gasteiger partial charge in [0.1, 0.15) is 5.75 Å². The maximum Gasteiger partial charge on any atom is 0.306 e. The molecule has 1 aromatic heterocycles. The van der Waals surface area contributed by atoms with Crippen LogP contribution in [-0.2, 0) is 20.7 Å². The van der Waals surface area contributed by atoms with Crippen LogP contribution < -0.4 is 10.1 Å². The summed E-state index contributed by atoms with van der Waals surface area (Å²) in [6.45, 7) is 1.52. The molecule has 0 aliphatic heterocycles. The standard InChI is InChI=1S/C20H19ClN2O4S/c1-12(20(25)23-15-11-13(21)7-8-16(15)26-2)27-19(24)10-9-18-22-14-5-3-4-6-17(14)28-18/h3-8,11-12H,9-10H2,1-2H3,(H,23,25). The Bertz CT molecular complexity index is 972. The summed E-state index contributed by atoms with van der Waals surface area (Å²) in [6.07, 6.45) is -0.335. The zero-order valence-electron chi connectivity index (χ0n) is 15.4. The molecule has 2 aromatic carbocycles. The molecule has 28 heavy (non-hydrogen) atoms. The number of thiazole rings is 1. The summed E-state index contributed by atoms with van der Waals surface area (Å²) in [5, 5.41) is 3.98. The molecular weight excluding hydrogens is 400 g/mol. The first-order valence-electron chi connectivity index (χ1n) is 8.64. The van der Waals surface area contributed by atoms with Crippen molar-refractivity contribution >= 4 is 50.7 Å². The zero-order valence-corrected chi connectivity index (χ0v) is 17.0. The van der Waals surface area contributed by atoms with E-state index in [2.05, 4.69) is 10.3 Å². The minimum absolute atomic E-state index is 0.151. The summed E-state index contributed by atoms with van der Waals surface area (Å²) in [4.78, 5) is 28.9. The molecule has 3 aromatic rings. The van der Waals surface area contributed by atoms with Crippen LogP contribution in [0.15, 0.2) is 42.5 Å². The Hall–Kier alpha value is -2.64. The van der Waals surface area contributed by atoms with Gasteiger partial charge in [-0.25, -0.2) is 4.98 Å². The van der Waals surface area contributed by atoms with Crippen LogP contribution >= 0.6 is 22.9 Å². The Morgan fingerprint density at radius 1 is 1.25 bits per heavy atom. The van der Waals surface area contributed by atoms with Gasteiger partial charge in [0.25, 0.3) is 5.91 Å². The fourth-order valence-corrected chi connectivity index (χ4v) is 3.70. The van der Waals surface area contributed by atoms with Gasteiger partial charge < -0.3 is 14.8 Å². The van der Waals surface area contributed by atoms with E-state index in [1.165, 1.54) is 14.0 Å². The van der Waals surface area contributed by atoms with E-state index in [1.54, 1.807) is 29.5 Å². The SMILES string of the molecule is COc1ccc(Cl)cc1NC(=O)C(C)OC(=O)CCc1nc2ccccc2s1. The monoisotopic (exact) mass is 418 g/mol. The van der Waals surface area contributed by atoms with Crippen molar-refractivity contribution in [3.05, 3.63) is 52.5 Å². The van der Waals surface area contributed by atoms with E-state index in [4.69, 9.17) is 21.1 Å². The number of carbonyl (C=O) groups excluding carboxylic acids is 2. The highest BCUT2D eigenvalue weighted by molar-refractivity contribution is 7.18. The molecule has 1 amide bonds. The lowest BCUT2D eigenvalue weighted by molar-refractivity contribution is -0.153. The number of esters is 1. The number of fused-ring (bicyclic) bond motifs is 1. The normalized spacial score (nSPS) is 11.8. The summed E-state index contributed by atoms with van der Waals surface area (Å²) in [6, 6.07) is 12.7. The number of aromatic nitrogens is 1. The molecule has 0 bridgehead atoms. The van der Waals surface area contributed by atoms with Crippen LogP contribution in [-0.4, -0.2) is 30.1 Å². The number of ether oxygens (including phenoxy) is 2. The molecule has 1 N–H and O–H groups in total. The molecule has 0 radical (unpaired) electrons. The van der Waals surface area contributed by atoms with Gasteiger partial charge in [0.05, 0.1) is 34.4 Å². The second-order valence-corrected chi connectivity index (χ2v) is 7.59. The van der Waals surface area contributed by atoms with Crippen LogP contribution in [0.2, 0.25) is 5.02 Å². The van der Waals surface area contributed by atoms with Crippen molar-refractivity contribution in [3.8, 4) is 5.75 Å². The number of anilines is 1. The minimum Gasteiger partial charge on any atom is -0.495 e. The van der Waals surface area contributed by atoms with E-state index in [1.807, 2.05) is 24.3 Å². The molecule has 0 saturated heterocycles. The smallest absolute Gasteiger partial charge is 0.306 e. The number of hydrogen-bond donors (Lipinski definition) is 1. The lowest BCUT2D eigenvalue weighted by Gasteiger charge is -2.15. The van der Waals surface area contributed by atoms with Gasteiger partial charge in [-0.1, -0.05) is 23.7 Å². The number of hydrogen-bond acceptors (Lipinski definition) is 6. The van der Waals surface area contributed by atoms with Crippen LogP contribution in [0.5, 0.6) is 5.75 Å². The number of halogens is 1. The minimum atomic E-state index is -0.952. The van der Waals surface area contributed by atoms with E-state index < -0.39 is 18.0 Å². The first-order valence-corrected chi connectivity index (χ1v) is 9.84. The fourth-order valence-electron chi connectivity index (χ4n) is 2.56. The van der Waals surface area contributed by atoms with E-state index in [0.29, 0.717) is 22.9 Å². The van der Waals surface area contributed by atoms with Crippen LogP contribution in [0.4, 0.5) is 5.69 Å². The molecular formula is C20H19ClN2O4S. The summed E-state index contributed by atoms with van der Waals surface area (Å²) in [7, 11) is 1.49. The van der Waals surface area contributed by atoms with Crippen molar-refractivity contribution in [3.63, 3.8) is 0 Å². The van der Waals surface area contributed by atoms with Crippen LogP contribution in [0.1, 0.15) is 18.4 Å². The number of para-hydroxylation sites is 1. The van der Waals surface area contributed by atoms with Crippen LogP contribution in [0.3, 0.4) is 0 Å². The number of rotatable bonds is 7. The largest absolute Gasteiger partial charge is 0.495 e. The Labute approximate surface area is 171 Å². The molecule has 146 valence electrons. The van der Waals surface area contributed by atoms with Gasteiger partial charge in [-0.3, -0.25) is 9.59 Å². The van der Waals surface area contributed by atoms with Gasteiger partial charge in [0.2, 0.25) is 0 Å². The maximum atomic E-state index is 12.3. The quantitative estimate of drug-likeness (QED) is 0.573. The molecule has 1 heterocycles. The molecule has 0 spiro atoms. The average molecular weight is 419 g/mol. The predicted molar refractivity (Wildman–Crippen MR) is 110 cm³/mol. The molecule has 0 saturated carbocycles. The van der Waals surface area contributed by atoms with Gasteiger partial charge in [0, 0.05) is 11.4 Å². The highest BCUT2D eigenvalue weighted by atomic mass is 35.5. The van der Waals surface area contributed by atoms with E-state index in [9.17, 15) is 9.59 Å². The first kappa shape index (κ1) is 20.1. The third-order valence-corrected chi connectivity index (χ3v) is 5.31. The number of nitrogens with one attached hydrogen (secondary N) is 1. The van der Waals surface area contributed by atoms with Gasteiger partial charge in [-0.2, -0.15) is 0 Å². The Kier molecular flexibility index (Phi) is 6.49. The third kappa shape index (κ3) is 4.99. The molecule has 1 unspecified atom stereocenters. The highest BCUT2D eigenvalue weighted by Gasteiger charge is 2.19. The van der Waals surface area contributed by atoms with E-state index in [0.717, 1.165) is 15.2 Å². The molecule has 8 heteroatoms. The number of amides is 1. The van der Waals surface area contributed by atoms with E-state index in [-0.39, 0.29) is 6.42 Å². The maximum absolute atomic E-state index is 12.3. The van der Waals surface area contributed by atoms with Crippen molar-refractivity contribution in [2.24, 2.45) is 0 Å². The average Bonchev–Trinajstić information content (AvgIpc) is 3.09. The van der Waals surface area contributed by atoms with Gasteiger partial charge >= 0.3 is 5.97 Å². The summed E-state index contributed by atoms with van der Waals surface area (Å²) in [5.41, 5.74) is 1.33. The van der Waals surface area contributed by atoms with Gasteiger partial charge in [-0.05, 0) is 37.3 Å². The van der Waals surface area contributed by atoms with Crippen molar-refractivity contribution in [2.75, 3.05) is 12.4 Å². The lowest BCUT2D eigenvalue weighted by atomic mass is 10.2. The Balaban J connectivity index is 1.53. The summed E-state index contributed by atoms with van der Waals surface area (Å²) < 4.78 is 11.5. The second-order valence-electron chi connectivity index (χ2n) is 6.04. The Morgan fingerprint density at radius 2 is 2.04 bits per heavy atom. The van der Waals surface area contributed by atoms with Crippen molar-refractivity contribution in [2.45, 2.75) is 25.9 Å². The summed E-state index contributed by atoms with van der Waals surface area (Å²) in [5.74, 6) is -0.457. The fraction of sp³-hybridized carbons (Fsp3) is 0.250. The molecule has 0 aliphatic rings. The lowest BCUT2D eigenvalue weighted by Crippen LogP contribution is -2.30. The number of aryl methyl sites for hydroxylation is 1. The van der Waals surface area contributed by atoms with Crippen LogP contribution in [0.25, 0.3) is 10.2 Å². The second kappa shape index (κ2) is 9.03. The van der Waals surface area contributed by atoms with Crippen LogP contribution in [0, 0.1) is 0 Å². The Morgan fingerprint density at radius 3 is 2.79 bits per heavy atom. The van der Waals surface area contributed by atoms with Crippen molar-refractivity contribution in [1.29, 1.82) is 0 Å². The van der Waals surface area contributed by atoms with Gasteiger partial charge in [0.15, 0.2) is 6.10 Å². The van der Waals surface area contributed by atoms with Crippen molar-refractivity contribution < 1.29 is 19.1 Å². The third-order valence-electron chi connectivity index (χ3n) is 3.98. The zero-order chi connectivity index (χ0) is 20.1.